The number of hydrogen-bond donors (Lipinski definition) is 0. The van der Waals surface area contributed by atoms with Crippen LogP contribution in [0.2, 0.25) is 5.15 Å². The summed E-state index contributed by atoms with van der Waals surface area (Å²) < 4.78 is 19.4. The molecule has 1 aromatic carbocycles. The van der Waals surface area contributed by atoms with Gasteiger partial charge in [-0.15, -0.1) is 0 Å². The highest BCUT2D eigenvalue weighted by molar-refractivity contribution is 6.33. The smallest absolute Gasteiger partial charge is 0.343 e. The van der Waals surface area contributed by atoms with Crippen LogP contribution in [0.3, 0.4) is 0 Å². The van der Waals surface area contributed by atoms with Crippen LogP contribution in [-0.2, 0) is 4.74 Å². The van der Waals surface area contributed by atoms with E-state index in [-0.39, 0.29) is 23.1 Å². The summed E-state index contributed by atoms with van der Waals surface area (Å²) in [6, 6.07) is 7.55. The Labute approximate surface area is 131 Å². The topological polar surface area (TPSA) is 67.9 Å². The molecule has 0 aliphatic carbocycles. The van der Waals surface area contributed by atoms with Gasteiger partial charge in [-0.25, -0.2) is 13.9 Å². The van der Waals surface area contributed by atoms with Crippen molar-refractivity contribution in [2.75, 3.05) is 6.61 Å². The van der Waals surface area contributed by atoms with Gasteiger partial charge in [0, 0.05) is 6.42 Å². The Hall–Kier alpha value is -2.39. The average molecular weight is 322 g/mol. The van der Waals surface area contributed by atoms with Gasteiger partial charge < -0.3 is 4.74 Å². The monoisotopic (exact) mass is 321 g/mol. The van der Waals surface area contributed by atoms with E-state index < -0.39 is 5.97 Å². The third kappa shape index (κ3) is 3.43. The van der Waals surface area contributed by atoms with Gasteiger partial charge in [0.25, 0.3) is 0 Å². The number of halogens is 2. The lowest BCUT2D eigenvalue weighted by Gasteiger charge is -2.04. The van der Waals surface area contributed by atoms with Crippen LogP contribution in [0.25, 0.3) is 5.69 Å². The van der Waals surface area contributed by atoms with Gasteiger partial charge in [-0.1, -0.05) is 11.6 Å². The number of unbranched alkanes of at least 4 members (excludes halogenated alkanes) is 1. The third-order valence-corrected chi connectivity index (χ3v) is 3.29. The molecule has 114 valence electrons. The second-order valence-corrected chi connectivity index (χ2v) is 4.90. The number of hydrogen-bond acceptors (Lipinski definition) is 4. The summed E-state index contributed by atoms with van der Waals surface area (Å²) in [5, 5.41) is 12.7. The summed E-state index contributed by atoms with van der Waals surface area (Å²) >= 11 is 6.19. The number of nitriles is 1. The highest BCUT2D eigenvalue weighted by Gasteiger charge is 2.22. The second-order valence-electron chi connectivity index (χ2n) is 4.54. The zero-order valence-corrected chi connectivity index (χ0v) is 12.6. The maximum Gasteiger partial charge on any atom is 0.343 e. The van der Waals surface area contributed by atoms with Gasteiger partial charge >= 0.3 is 5.97 Å². The molecule has 1 heterocycles. The van der Waals surface area contributed by atoms with E-state index in [1.807, 2.05) is 6.07 Å². The molecule has 0 aliphatic rings. The van der Waals surface area contributed by atoms with Gasteiger partial charge in [-0.2, -0.15) is 10.4 Å². The van der Waals surface area contributed by atoms with Crippen molar-refractivity contribution in [3.63, 3.8) is 0 Å². The van der Waals surface area contributed by atoms with Crippen LogP contribution in [0, 0.1) is 24.1 Å². The summed E-state index contributed by atoms with van der Waals surface area (Å²) in [6.07, 6.45) is 0.778. The third-order valence-electron chi connectivity index (χ3n) is 2.95. The van der Waals surface area contributed by atoms with Crippen molar-refractivity contribution >= 4 is 17.6 Å². The summed E-state index contributed by atoms with van der Waals surface area (Å²) in [7, 11) is 0. The predicted molar refractivity (Wildman–Crippen MR) is 78.4 cm³/mol. The van der Waals surface area contributed by atoms with Gasteiger partial charge in [-0.05, 0) is 37.6 Å². The lowest BCUT2D eigenvalue weighted by Crippen LogP contribution is -2.07. The molecule has 1 aromatic heterocycles. The Balaban J connectivity index is 2.22. The maximum atomic E-state index is 13.0. The number of carbonyl (C=O) groups excluding carboxylic acids is 1. The minimum atomic E-state index is -0.589. The number of rotatable bonds is 5. The predicted octanol–water partition coefficient (Wildman–Crippen LogP) is 3.43. The van der Waals surface area contributed by atoms with Gasteiger partial charge in [0.2, 0.25) is 0 Å². The SMILES string of the molecule is Cc1nn(-c2ccc(F)cc2)c(Cl)c1C(=O)OCCCC#N. The molecule has 22 heavy (non-hydrogen) atoms. The molecule has 0 saturated carbocycles. The van der Waals surface area contributed by atoms with Crippen molar-refractivity contribution < 1.29 is 13.9 Å². The Morgan fingerprint density at radius 2 is 2.14 bits per heavy atom. The van der Waals surface area contributed by atoms with E-state index in [4.69, 9.17) is 21.6 Å². The Bertz CT molecular complexity index is 720. The molecule has 0 N–H and O–H groups in total. The molecule has 0 spiro atoms. The van der Waals surface area contributed by atoms with Gasteiger partial charge in [0.15, 0.2) is 0 Å². The fourth-order valence-electron chi connectivity index (χ4n) is 1.87. The lowest BCUT2D eigenvalue weighted by molar-refractivity contribution is 0.0501. The molecular formula is C15H13ClFN3O2. The molecule has 2 aromatic rings. The Kier molecular flexibility index (Phi) is 5.12. The van der Waals surface area contributed by atoms with Crippen molar-refractivity contribution in [3.05, 3.63) is 46.5 Å². The van der Waals surface area contributed by atoms with Crippen molar-refractivity contribution in [2.24, 2.45) is 0 Å². The minimum Gasteiger partial charge on any atom is -0.462 e. The summed E-state index contributed by atoms with van der Waals surface area (Å²) in [4.78, 5) is 12.0. The number of nitrogens with zero attached hydrogens (tertiary/aromatic N) is 3. The molecule has 0 radical (unpaired) electrons. The Morgan fingerprint density at radius 3 is 2.77 bits per heavy atom. The quantitative estimate of drug-likeness (QED) is 0.625. The molecule has 0 fully saturated rings. The highest BCUT2D eigenvalue weighted by Crippen LogP contribution is 2.24. The van der Waals surface area contributed by atoms with E-state index in [0.29, 0.717) is 24.2 Å². The van der Waals surface area contributed by atoms with Crippen LogP contribution in [0.1, 0.15) is 28.9 Å². The fraction of sp³-hybridized carbons (Fsp3) is 0.267. The zero-order chi connectivity index (χ0) is 16.1. The van der Waals surface area contributed by atoms with E-state index >= 15 is 0 Å². The van der Waals surface area contributed by atoms with Crippen LogP contribution in [0.5, 0.6) is 0 Å². The van der Waals surface area contributed by atoms with Crippen LogP contribution in [0.4, 0.5) is 4.39 Å². The van der Waals surface area contributed by atoms with E-state index in [0.717, 1.165) is 0 Å². The fourth-order valence-corrected chi connectivity index (χ4v) is 2.22. The average Bonchev–Trinajstić information content (AvgIpc) is 2.79. The van der Waals surface area contributed by atoms with E-state index in [1.54, 1.807) is 6.92 Å². The molecule has 7 heteroatoms. The van der Waals surface area contributed by atoms with Crippen LogP contribution in [0.15, 0.2) is 24.3 Å². The number of esters is 1. The van der Waals surface area contributed by atoms with Gasteiger partial charge in [-0.3, -0.25) is 0 Å². The van der Waals surface area contributed by atoms with E-state index in [2.05, 4.69) is 5.10 Å². The van der Waals surface area contributed by atoms with Crippen molar-refractivity contribution in [1.82, 2.24) is 9.78 Å². The van der Waals surface area contributed by atoms with Crippen LogP contribution < -0.4 is 0 Å². The first-order chi connectivity index (χ1) is 10.5. The van der Waals surface area contributed by atoms with Crippen molar-refractivity contribution in [3.8, 4) is 11.8 Å². The summed E-state index contributed by atoms with van der Waals surface area (Å²) in [5.41, 5.74) is 1.13. The Morgan fingerprint density at radius 1 is 1.45 bits per heavy atom. The molecule has 2 rings (SSSR count). The number of aromatic nitrogens is 2. The number of carbonyl (C=O) groups is 1. The van der Waals surface area contributed by atoms with E-state index in [1.165, 1.54) is 28.9 Å². The van der Waals surface area contributed by atoms with Gasteiger partial charge in [0.05, 0.1) is 24.1 Å². The van der Waals surface area contributed by atoms with Gasteiger partial charge in [0.1, 0.15) is 16.5 Å². The normalized spacial score (nSPS) is 10.3. The van der Waals surface area contributed by atoms with Crippen LogP contribution >= 0.6 is 11.6 Å². The highest BCUT2D eigenvalue weighted by atomic mass is 35.5. The van der Waals surface area contributed by atoms with E-state index in [9.17, 15) is 9.18 Å². The number of aryl methyl sites for hydroxylation is 1. The van der Waals surface area contributed by atoms with Crippen molar-refractivity contribution in [1.29, 1.82) is 5.26 Å². The zero-order valence-electron chi connectivity index (χ0n) is 11.8. The summed E-state index contributed by atoms with van der Waals surface area (Å²) in [5.74, 6) is -0.963. The lowest BCUT2D eigenvalue weighted by atomic mass is 10.2. The largest absolute Gasteiger partial charge is 0.462 e. The summed E-state index contributed by atoms with van der Waals surface area (Å²) in [6.45, 7) is 1.78. The first kappa shape index (κ1) is 16.0. The minimum absolute atomic E-state index is 0.106. The molecule has 0 atom stereocenters. The number of benzene rings is 1. The molecule has 0 saturated heterocycles. The standard InChI is InChI=1S/C15H13ClFN3O2/c1-10-13(15(21)22-9-3-2-8-18)14(16)20(19-10)12-6-4-11(17)5-7-12/h4-7H,2-3,9H2,1H3. The first-order valence-corrected chi connectivity index (χ1v) is 6.97. The maximum absolute atomic E-state index is 13.0. The molecule has 5 nitrogen and oxygen atoms in total. The number of ether oxygens (including phenoxy) is 1. The molecule has 0 unspecified atom stereocenters. The van der Waals surface area contributed by atoms with Crippen molar-refractivity contribution in [2.45, 2.75) is 19.8 Å². The molecule has 0 amide bonds. The first-order valence-electron chi connectivity index (χ1n) is 6.59. The second kappa shape index (κ2) is 7.05. The molecular weight excluding hydrogens is 309 g/mol. The van der Waals surface area contributed by atoms with Crippen LogP contribution in [-0.4, -0.2) is 22.4 Å². The molecule has 0 bridgehead atoms. The molecule has 0 aliphatic heterocycles.